The Morgan fingerprint density at radius 3 is 2.70 bits per heavy atom. The predicted octanol–water partition coefficient (Wildman–Crippen LogP) is 3.73. The van der Waals surface area contributed by atoms with Crippen molar-refractivity contribution in [2.24, 2.45) is 0 Å². The number of terminal acetylenes is 1. The third-order valence-corrected chi connectivity index (χ3v) is 5.22. The molecule has 0 spiro atoms. The maximum Gasteiger partial charge on any atom is 0.213 e. The Bertz CT molecular complexity index is 819. The van der Waals surface area contributed by atoms with Crippen molar-refractivity contribution in [3.63, 3.8) is 0 Å². The molecule has 0 aliphatic carbocycles. The van der Waals surface area contributed by atoms with Gasteiger partial charge in [0.05, 0.1) is 7.11 Å². The van der Waals surface area contributed by atoms with Crippen LogP contribution in [-0.4, -0.2) is 47.1 Å². The van der Waals surface area contributed by atoms with Gasteiger partial charge in [-0.05, 0) is 44.0 Å². The van der Waals surface area contributed by atoms with Crippen molar-refractivity contribution in [2.75, 3.05) is 26.7 Å². The Labute approximate surface area is 163 Å². The summed E-state index contributed by atoms with van der Waals surface area (Å²) < 4.78 is 5.27. The molecule has 1 aliphatic heterocycles. The number of benzene rings is 1. The van der Waals surface area contributed by atoms with Gasteiger partial charge in [-0.3, -0.25) is 9.80 Å². The van der Waals surface area contributed by atoms with Crippen LogP contribution in [0.25, 0.3) is 0 Å². The van der Waals surface area contributed by atoms with E-state index in [1.54, 1.807) is 7.11 Å². The molecule has 1 fully saturated rings. The molecule has 3 rings (SSSR count). The van der Waals surface area contributed by atoms with Crippen molar-refractivity contribution < 1.29 is 4.74 Å². The zero-order valence-corrected chi connectivity index (χ0v) is 16.8. The number of piperazine rings is 1. The zero-order chi connectivity index (χ0) is 19.4. The average Bonchev–Trinajstić information content (AvgIpc) is 2.67. The van der Waals surface area contributed by atoms with Gasteiger partial charge in [0.1, 0.15) is 0 Å². The van der Waals surface area contributed by atoms with E-state index in [2.05, 4.69) is 59.7 Å². The van der Waals surface area contributed by atoms with E-state index in [0.717, 1.165) is 31.7 Å². The first kappa shape index (κ1) is 19.4. The maximum absolute atomic E-state index is 5.80. The number of pyridine rings is 1. The number of hydrogen-bond acceptors (Lipinski definition) is 4. The number of rotatable bonds is 4. The van der Waals surface area contributed by atoms with E-state index >= 15 is 0 Å². The van der Waals surface area contributed by atoms with Gasteiger partial charge in [0.15, 0.2) is 0 Å². The molecule has 0 amide bonds. The summed E-state index contributed by atoms with van der Waals surface area (Å²) in [6.45, 7) is 10.7. The van der Waals surface area contributed by atoms with Gasteiger partial charge < -0.3 is 4.74 Å². The second-order valence-electron chi connectivity index (χ2n) is 8.05. The van der Waals surface area contributed by atoms with Crippen LogP contribution in [0.1, 0.15) is 43.5 Å². The van der Waals surface area contributed by atoms with Crippen molar-refractivity contribution in [2.45, 2.75) is 38.9 Å². The van der Waals surface area contributed by atoms with E-state index in [1.807, 2.05) is 24.4 Å². The van der Waals surface area contributed by atoms with Crippen LogP contribution < -0.4 is 4.74 Å². The Morgan fingerprint density at radius 2 is 2.00 bits per heavy atom. The molecular formula is C23H29N3O. The molecule has 0 bridgehead atoms. The van der Waals surface area contributed by atoms with Gasteiger partial charge in [0, 0.05) is 55.6 Å². The Kier molecular flexibility index (Phi) is 5.84. The average molecular weight is 364 g/mol. The summed E-state index contributed by atoms with van der Waals surface area (Å²) in [5, 5.41) is 0. The van der Waals surface area contributed by atoms with Crippen molar-refractivity contribution in [3.05, 3.63) is 59.3 Å². The summed E-state index contributed by atoms with van der Waals surface area (Å²) in [7, 11) is 1.65. The highest BCUT2D eigenvalue weighted by Gasteiger charge is 2.35. The smallest absolute Gasteiger partial charge is 0.213 e. The summed E-state index contributed by atoms with van der Waals surface area (Å²) in [5.41, 5.74) is 3.53. The van der Waals surface area contributed by atoms with Gasteiger partial charge in [-0.15, -0.1) is 6.42 Å². The highest BCUT2D eigenvalue weighted by Crippen LogP contribution is 2.33. The number of aromatic nitrogens is 1. The topological polar surface area (TPSA) is 28.6 Å². The quantitative estimate of drug-likeness (QED) is 0.774. The molecule has 1 saturated heterocycles. The minimum absolute atomic E-state index is 0.0817. The number of ether oxygens (including phenoxy) is 1. The molecule has 2 heterocycles. The molecule has 27 heavy (non-hydrogen) atoms. The van der Waals surface area contributed by atoms with Crippen LogP contribution in [0, 0.1) is 12.3 Å². The first-order chi connectivity index (χ1) is 12.9. The Balaban J connectivity index is 1.86. The molecule has 1 aliphatic rings. The van der Waals surface area contributed by atoms with E-state index in [0.29, 0.717) is 5.88 Å². The second-order valence-corrected chi connectivity index (χ2v) is 8.05. The van der Waals surface area contributed by atoms with Crippen LogP contribution in [0.15, 0.2) is 42.6 Å². The molecule has 2 aromatic rings. The van der Waals surface area contributed by atoms with Gasteiger partial charge in [-0.2, -0.15) is 0 Å². The lowest BCUT2D eigenvalue weighted by molar-refractivity contribution is 0.00586. The molecule has 1 aromatic carbocycles. The third-order valence-electron chi connectivity index (χ3n) is 5.22. The molecular weight excluding hydrogens is 334 g/mol. The minimum atomic E-state index is 0.0817. The highest BCUT2D eigenvalue weighted by atomic mass is 16.5. The van der Waals surface area contributed by atoms with Gasteiger partial charge in [-0.25, -0.2) is 4.98 Å². The summed E-state index contributed by atoms with van der Waals surface area (Å²) in [5.74, 6) is 3.54. The molecule has 142 valence electrons. The molecule has 0 saturated carbocycles. The molecule has 0 radical (unpaired) electrons. The fourth-order valence-corrected chi connectivity index (χ4v) is 3.89. The third kappa shape index (κ3) is 4.50. The number of hydrogen-bond donors (Lipinski definition) is 0. The van der Waals surface area contributed by atoms with Gasteiger partial charge in [0.25, 0.3) is 0 Å². The minimum Gasteiger partial charge on any atom is -0.481 e. The Morgan fingerprint density at radius 1 is 1.22 bits per heavy atom. The lowest BCUT2D eigenvalue weighted by Gasteiger charge is -2.48. The van der Waals surface area contributed by atoms with E-state index in [-0.39, 0.29) is 11.6 Å². The predicted molar refractivity (Wildman–Crippen MR) is 110 cm³/mol. The SMILES string of the molecule is C#Cc1ccccc1C1CN(Cc2ccnc(OC)c2)CCN1C(C)(C)C. The van der Waals surface area contributed by atoms with E-state index < -0.39 is 0 Å². The van der Waals surface area contributed by atoms with E-state index in [9.17, 15) is 0 Å². The van der Waals surface area contributed by atoms with Crippen LogP contribution >= 0.6 is 0 Å². The molecule has 0 N–H and O–H groups in total. The number of nitrogens with zero attached hydrogens (tertiary/aromatic N) is 3. The van der Waals surface area contributed by atoms with Crippen molar-refractivity contribution >= 4 is 0 Å². The van der Waals surface area contributed by atoms with Crippen LogP contribution in [0.5, 0.6) is 5.88 Å². The van der Waals surface area contributed by atoms with Crippen LogP contribution in [-0.2, 0) is 6.54 Å². The molecule has 1 unspecified atom stereocenters. The second kappa shape index (κ2) is 8.12. The molecule has 1 atom stereocenters. The summed E-state index contributed by atoms with van der Waals surface area (Å²) >= 11 is 0. The fraction of sp³-hybridized carbons (Fsp3) is 0.435. The van der Waals surface area contributed by atoms with Gasteiger partial charge >= 0.3 is 0 Å². The normalized spacial score (nSPS) is 18.9. The summed E-state index contributed by atoms with van der Waals surface area (Å²) in [6, 6.07) is 12.7. The molecule has 4 nitrogen and oxygen atoms in total. The molecule has 1 aromatic heterocycles. The summed E-state index contributed by atoms with van der Waals surface area (Å²) in [6.07, 6.45) is 7.61. The molecule has 4 heteroatoms. The maximum atomic E-state index is 5.80. The van der Waals surface area contributed by atoms with Crippen LogP contribution in [0.2, 0.25) is 0 Å². The Hall–Kier alpha value is -2.35. The number of methoxy groups -OCH3 is 1. The monoisotopic (exact) mass is 363 g/mol. The largest absolute Gasteiger partial charge is 0.481 e. The van der Waals surface area contributed by atoms with Crippen molar-refractivity contribution in [1.82, 2.24) is 14.8 Å². The first-order valence-corrected chi connectivity index (χ1v) is 9.46. The zero-order valence-electron chi connectivity index (χ0n) is 16.8. The lowest BCUT2D eigenvalue weighted by atomic mass is 9.92. The van der Waals surface area contributed by atoms with Gasteiger partial charge in [0.2, 0.25) is 5.88 Å². The van der Waals surface area contributed by atoms with Crippen LogP contribution in [0.3, 0.4) is 0 Å². The van der Waals surface area contributed by atoms with Crippen LogP contribution in [0.4, 0.5) is 0 Å². The first-order valence-electron chi connectivity index (χ1n) is 9.46. The van der Waals surface area contributed by atoms with E-state index in [1.165, 1.54) is 11.1 Å². The van der Waals surface area contributed by atoms with Crippen molar-refractivity contribution in [3.8, 4) is 18.2 Å². The fourth-order valence-electron chi connectivity index (χ4n) is 3.89. The lowest BCUT2D eigenvalue weighted by Crippen LogP contribution is -2.54. The van der Waals surface area contributed by atoms with Gasteiger partial charge in [-0.1, -0.05) is 24.1 Å². The summed E-state index contributed by atoms with van der Waals surface area (Å²) in [4.78, 5) is 9.28. The van der Waals surface area contributed by atoms with E-state index in [4.69, 9.17) is 11.2 Å². The highest BCUT2D eigenvalue weighted by molar-refractivity contribution is 5.42. The van der Waals surface area contributed by atoms with Crippen molar-refractivity contribution in [1.29, 1.82) is 0 Å². The standard InChI is InChI=1S/C23H29N3O/c1-6-19-9-7-8-10-20(19)21-17-25(13-14-26(21)23(2,3)4)16-18-11-12-24-22(15-18)27-5/h1,7-12,15,21H,13-14,16-17H2,2-5H3.